The lowest BCUT2D eigenvalue weighted by molar-refractivity contribution is -0.383. The molecule has 20 heavy (non-hydrogen) atoms. The number of non-ortho nitro benzene ring substituents is 1. The fourth-order valence-corrected chi connectivity index (χ4v) is 2.57. The van der Waals surface area contributed by atoms with E-state index in [0.29, 0.717) is 11.8 Å². The highest BCUT2D eigenvalue weighted by atomic mass is 16.6. The van der Waals surface area contributed by atoms with Crippen molar-refractivity contribution < 1.29 is 14.8 Å². The summed E-state index contributed by atoms with van der Waals surface area (Å²) in [4.78, 5) is 21.6. The number of hydrogen-bond donors (Lipinski definition) is 1. The van der Waals surface area contributed by atoms with Crippen molar-refractivity contribution in [2.75, 3.05) is 0 Å². The summed E-state index contributed by atoms with van der Waals surface area (Å²) >= 11 is 0. The van der Waals surface area contributed by atoms with Crippen LogP contribution in [-0.4, -0.2) is 20.6 Å². The SMILES string of the molecule is Cc1cc([N+](=O)[O-])c2c(CCC(=O)O)c(C)n(C)c2c1. The second kappa shape index (κ2) is 4.96. The molecular formula is C14H16N2O4. The van der Waals surface area contributed by atoms with Crippen LogP contribution in [-0.2, 0) is 18.3 Å². The Morgan fingerprint density at radius 2 is 2.05 bits per heavy atom. The smallest absolute Gasteiger partial charge is 0.303 e. The van der Waals surface area contributed by atoms with E-state index >= 15 is 0 Å². The van der Waals surface area contributed by atoms with E-state index in [9.17, 15) is 14.9 Å². The Kier molecular flexibility index (Phi) is 3.48. The van der Waals surface area contributed by atoms with E-state index in [1.165, 1.54) is 6.07 Å². The molecule has 1 aromatic heterocycles. The summed E-state index contributed by atoms with van der Waals surface area (Å²) in [5, 5.41) is 20.6. The minimum atomic E-state index is -0.906. The molecular weight excluding hydrogens is 260 g/mol. The molecule has 0 atom stereocenters. The van der Waals surface area contributed by atoms with Gasteiger partial charge in [-0.1, -0.05) is 0 Å². The Balaban J connectivity index is 2.76. The van der Waals surface area contributed by atoms with Gasteiger partial charge >= 0.3 is 5.97 Å². The Labute approximate surface area is 115 Å². The number of aromatic nitrogens is 1. The molecule has 0 fully saturated rings. The Bertz CT molecular complexity index is 716. The van der Waals surface area contributed by atoms with E-state index in [1.54, 1.807) is 0 Å². The first-order valence-corrected chi connectivity index (χ1v) is 6.27. The maximum atomic E-state index is 11.3. The molecule has 0 saturated carbocycles. The molecule has 106 valence electrons. The number of carboxylic acids is 1. The molecule has 6 nitrogen and oxygen atoms in total. The van der Waals surface area contributed by atoms with Crippen LogP contribution in [0.5, 0.6) is 0 Å². The van der Waals surface area contributed by atoms with Gasteiger partial charge in [0, 0.05) is 25.2 Å². The van der Waals surface area contributed by atoms with Crippen molar-refractivity contribution in [1.82, 2.24) is 4.57 Å². The largest absolute Gasteiger partial charge is 0.481 e. The number of rotatable bonds is 4. The molecule has 0 amide bonds. The van der Waals surface area contributed by atoms with Crippen molar-refractivity contribution in [3.63, 3.8) is 0 Å². The molecule has 2 rings (SSSR count). The fourth-order valence-electron chi connectivity index (χ4n) is 2.57. The number of nitrogens with zero attached hydrogens (tertiary/aromatic N) is 2. The van der Waals surface area contributed by atoms with Gasteiger partial charge in [0.1, 0.15) is 0 Å². The highest BCUT2D eigenvalue weighted by Crippen LogP contribution is 2.34. The summed E-state index contributed by atoms with van der Waals surface area (Å²) in [5.41, 5.74) is 3.25. The first-order valence-electron chi connectivity index (χ1n) is 6.27. The van der Waals surface area contributed by atoms with Crippen LogP contribution in [0.15, 0.2) is 12.1 Å². The summed E-state index contributed by atoms with van der Waals surface area (Å²) in [5.74, 6) is -0.906. The maximum Gasteiger partial charge on any atom is 0.303 e. The number of fused-ring (bicyclic) bond motifs is 1. The van der Waals surface area contributed by atoms with Crippen LogP contribution in [0.4, 0.5) is 5.69 Å². The minimum absolute atomic E-state index is 0.0367. The third-order valence-electron chi connectivity index (χ3n) is 3.63. The highest BCUT2D eigenvalue weighted by Gasteiger charge is 2.22. The lowest BCUT2D eigenvalue weighted by Crippen LogP contribution is -1.99. The number of benzene rings is 1. The van der Waals surface area contributed by atoms with Gasteiger partial charge in [0.15, 0.2) is 0 Å². The van der Waals surface area contributed by atoms with Gasteiger partial charge in [-0.3, -0.25) is 14.9 Å². The van der Waals surface area contributed by atoms with Crippen molar-refractivity contribution in [3.8, 4) is 0 Å². The fraction of sp³-hybridized carbons (Fsp3) is 0.357. The third kappa shape index (κ3) is 2.24. The molecule has 0 aliphatic carbocycles. The summed E-state index contributed by atoms with van der Waals surface area (Å²) in [6.45, 7) is 3.67. The van der Waals surface area contributed by atoms with Crippen LogP contribution in [0.1, 0.15) is 23.2 Å². The zero-order valence-electron chi connectivity index (χ0n) is 11.6. The molecule has 1 aromatic carbocycles. The quantitative estimate of drug-likeness (QED) is 0.687. The summed E-state index contributed by atoms with van der Waals surface area (Å²) in [7, 11) is 1.84. The molecule has 1 N–H and O–H groups in total. The maximum absolute atomic E-state index is 11.3. The number of hydrogen-bond acceptors (Lipinski definition) is 3. The minimum Gasteiger partial charge on any atom is -0.481 e. The predicted molar refractivity (Wildman–Crippen MR) is 75.0 cm³/mol. The zero-order chi connectivity index (χ0) is 15.0. The lowest BCUT2D eigenvalue weighted by atomic mass is 10.0. The standard InChI is InChI=1S/C14H16N2O4/c1-8-6-11-14(12(7-8)16(19)20)10(4-5-13(17)18)9(2)15(11)3/h6-7H,4-5H2,1-3H3,(H,17,18). The van der Waals surface area contributed by atoms with Gasteiger partial charge in [-0.15, -0.1) is 0 Å². The molecule has 2 aromatic rings. The summed E-state index contributed by atoms with van der Waals surface area (Å²) in [6.07, 6.45) is 0.257. The number of aliphatic carboxylic acids is 1. The molecule has 0 radical (unpaired) electrons. The van der Waals surface area contributed by atoms with Gasteiger partial charge in [-0.25, -0.2) is 0 Å². The Morgan fingerprint density at radius 3 is 2.60 bits per heavy atom. The van der Waals surface area contributed by atoms with Crippen molar-refractivity contribution >= 4 is 22.6 Å². The Morgan fingerprint density at radius 1 is 1.40 bits per heavy atom. The Hall–Kier alpha value is -2.37. The number of carboxylic acid groups (broad SMARTS) is 1. The lowest BCUT2D eigenvalue weighted by Gasteiger charge is -2.01. The second-order valence-electron chi connectivity index (χ2n) is 4.95. The van der Waals surface area contributed by atoms with Crippen molar-refractivity contribution in [2.45, 2.75) is 26.7 Å². The van der Waals surface area contributed by atoms with Crippen molar-refractivity contribution in [2.24, 2.45) is 7.05 Å². The van der Waals surface area contributed by atoms with Gasteiger partial charge in [-0.05, 0) is 37.5 Å². The molecule has 0 saturated heterocycles. The second-order valence-corrected chi connectivity index (χ2v) is 4.95. The molecule has 0 unspecified atom stereocenters. The van der Waals surface area contributed by atoms with Crippen LogP contribution in [0.3, 0.4) is 0 Å². The first-order chi connectivity index (χ1) is 9.32. The van der Waals surface area contributed by atoms with Crippen molar-refractivity contribution in [1.29, 1.82) is 0 Å². The number of nitro groups is 1. The van der Waals surface area contributed by atoms with E-state index < -0.39 is 10.9 Å². The molecule has 0 aliphatic rings. The van der Waals surface area contributed by atoms with Crippen LogP contribution in [0, 0.1) is 24.0 Å². The normalized spacial score (nSPS) is 10.9. The third-order valence-corrected chi connectivity index (χ3v) is 3.63. The summed E-state index contributed by atoms with van der Waals surface area (Å²) in [6, 6.07) is 3.42. The van der Waals surface area contributed by atoms with E-state index in [-0.39, 0.29) is 12.1 Å². The zero-order valence-corrected chi connectivity index (χ0v) is 11.6. The van der Waals surface area contributed by atoms with E-state index in [0.717, 1.165) is 22.3 Å². The van der Waals surface area contributed by atoms with Gasteiger partial charge in [0.2, 0.25) is 0 Å². The average Bonchev–Trinajstić information content (AvgIpc) is 2.59. The molecule has 1 heterocycles. The highest BCUT2D eigenvalue weighted by molar-refractivity contribution is 5.94. The van der Waals surface area contributed by atoms with E-state index in [4.69, 9.17) is 5.11 Å². The summed E-state index contributed by atoms with van der Waals surface area (Å²) < 4.78 is 1.88. The predicted octanol–water partition coefficient (Wildman–Crippen LogP) is 2.72. The molecule has 0 spiro atoms. The molecule has 0 bridgehead atoms. The first kappa shape index (κ1) is 14.0. The van der Waals surface area contributed by atoms with E-state index in [1.807, 2.05) is 31.5 Å². The molecule has 0 aliphatic heterocycles. The van der Waals surface area contributed by atoms with Crippen LogP contribution in [0.25, 0.3) is 10.9 Å². The van der Waals surface area contributed by atoms with Crippen LogP contribution < -0.4 is 0 Å². The van der Waals surface area contributed by atoms with Crippen LogP contribution in [0.2, 0.25) is 0 Å². The average molecular weight is 276 g/mol. The number of nitro benzene ring substituents is 1. The van der Waals surface area contributed by atoms with E-state index in [2.05, 4.69) is 0 Å². The van der Waals surface area contributed by atoms with Crippen molar-refractivity contribution in [3.05, 3.63) is 39.1 Å². The number of carbonyl (C=O) groups is 1. The van der Waals surface area contributed by atoms with Gasteiger partial charge in [-0.2, -0.15) is 0 Å². The number of aryl methyl sites for hydroxylation is 3. The molecule has 6 heteroatoms. The monoisotopic (exact) mass is 276 g/mol. The van der Waals surface area contributed by atoms with Gasteiger partial charge in [0.25, 0.3) is 5.69 Å². The van der Waals surface area contributed by atoms with Gasteiger partial charge in [0.05, 0.1) is 15.8 Å². The van der Waals surface area contributed by atoms with Crippen LogP contribution >= 0.6 is 0 Å². The van der Waals surface area contributed by atoms with Gasteiger partial charge < -0.3 is 9.67 Å². The topological polar surface area (TPSA) is 85.4 Å².